The van der Waals surface area contributed by atoms with Crippen LogP contribution >= 0.6 is 27.5 Å². The Morgan fingerprint density at radius 2 is 2.22 bits per heavy atom. The lowest BCUT2D eigenvalue weighted by molar-refractivity contribution is 0.372. The number of benzene rings is 1. The van der Waals surface area contributed by atoms with E-state index in [1.54, 1.807) is 0 Å². The minimum Gasteiger partial charge on any atom is -0.367 e. The predicted molar refractivity (Wildman–Crippen MR) is 83.0 cm³/mol. The second kappa shape index (κ2) is 6.27. The van der Waals surface area contributed by atoms with Crippen LogP contribution in [-0.2, 0) is 5.33 Å². The molecule has 1 aromatic carbocycles. The van der Waals surface area contributed by atoms with Gasteiger partial charge in [0.05, 0.1) is 0 Å². The van der Waals surface area contributed by atoms with Gasteiger partial charge in [0, 0.05) is 35.2 Å². The first-order valence-electron chi connectivity index (χ1n) is 6.37. The molecule has 1 aromatic rings. The number of hydrogen-bond donors (Lipinski definition) is 0. The van der Waals surface area contributed by atoms with Crippen molar-refractivity contribution < 1.29 is 0 Å². The number of rotatable bonds is 4. The largest absolute Gasteiger partial charge is 0.367 e. The predicted octanol–water partition coefficient (Wildman–Crippen LogP) is 3.77. The first kappa shape index (κ1) is 14.2. The molecule has 1 unspecified atom stereocenters. The van der Waals surface area contributed by atoms with E-state index in [-0.39, 0.29) is 0 Å². The normalized spacial score (nSPS) is 19.8. The zero-order chi connectivity index (χ0) is 13.1. The van der Waals surface area contributed by atoms with Crippen molar-refractivity contribution in [1.82, 2.24) is 4.90 Å². The summed E-state index contributed by atoms with van der Waals surface area (Å²) in [6.45, 7) is 2.24. The summed E-state index contributed by atoms with van der Waals surface area (Å²) in [5.41, 5.74) is 2.62. The highest BCUT2D eigenvalue weighted by Crippen LogP contribution is 2.32. The molecule has 1 heterocycles. The number of alkyl halides is 1. The van der Waals surface area contributed by atoms with Gasteiger partial charge in [-0.05, 0) is 44.6 Å². The van der Waals surface area contributed by atoms with Gasteiger partial charge in [-0.1, -0.05) is 33.6 Å². The summed E-state index contributed by atoms with van der Waals surface area (Å²) < 4.78 is 0. The maximum absolute atomic E-state index is 6.15. The first-order chi connectivity index (χ1) is 8.61. The number of likely N-dealkylation sites (N-methyl/N-ethyl adjacent to an activating group) is 1. The standard InChI is InChI=1S/C14H20BrClN2/c1-17(2)10-13-4-3-7-18(13)14-8-12(16)6-5-11(14)9-15/h5-6,8,13H,3-4,7,9-10H2,1-2H3. The van der Waals surface area contributed by atoms with Gasteiger partial charge in [0.1, 0.15) is 0 Å². The summed E-state index contributed by atoms with van der Waals surface area (Å²) >= 11 is 9.72. The topological polar surface area (TPSA) is 6.48 Å². The smallest absolute Gasteiger partial charge is 0.0426 e. The van der Waals surface area contributed by atoms with Crippen molar-refractivity contribution >= 4 is 33.2 Å². The highest BCUT2D eigenvalue weighted by Gasteiger charge is 2.26. The van der Waals surface area contributed by atoms with Gasteiger partial charge in [-0.2, -0.15) is 0 Å². The van der Waals surface area contributed by atoms with Crippen LogP contribution in [0, 0.1) is 0 Å². The molecule has 0 N–H and O–H groups in total. The fourth-order valence-electron chi connectivity index (χ4n) is 2.68. The van der Waals surface area contributed by atoms with E-state index in [2.05, 4.69) is 52.0 Å². The monoisotopic (exact) mass is 330 g/mol. The van der Waals surface area contributed by atoms with Crippen molar-refractivity contribution in [1.29, 1.82) is 0 Å². The van der Waals surface area contributed by atoms with Gasteiger partial charge in [0.25, 0.3) is 0 Å². The molecule has 4 heteroatoms. The molecule has 1 atom stereocenters. The van der Waals surface area contributed by atoms with E-state index < -0.39 is 0 Å². The van der Waals surface area contributed by atoms with Crippen LogP contribution in [0.1, 0.15) is 18.4 Å². The Morgan fingerprint density at radius 1 is 1.44 bits per heavy atom. The molecule has 1 aliphatic rings. The molecule has 1 saturated heterocycles. The molecular weight excluding hydrogens is 312 g/mol. The maximum atomic E-state index is 6.15. The molecule has 100 valence electrons. The SMILES string of the molecule is CN(C)CC1CCCN1c1cc(Cl)ccc1CBr. The Kier molecular flexibility index (Phi) is 4.93. The first-order valence-corrected chi connectivity index (χ1v) is 7.87. The Hall–Kier alpha value is -0.250. The zero-order valence-corrected chi connectivity index (χ0v) is 13.3. The molecule has 0 spiro atoms. The van der Waals surface area contributed by atoms with Gasteiger partial charge in [-0.15, -0.1) is 0 Å². The summed E-state index contributed by atoms with van der Waals surface area (Å²) in [4.78, 5) is 4.78. The van der Waals surface area contributed by atoms with Gasteiger partial charge in [-0.3, -0.25) is 0 Å². The maximum Gasteiger partial charge on any atom is 0.0426 e. The van der Waals surface area contributed by atoms with Crippen LogP contribution in [0.2, 0.25) is 5.02 Å². The fraction of sp³-hybridized carbons (Fsp3) is 0.571. The van der Waals surface area contributed by atoms with E-state index in [1.165, 1.54) is 24.1 Å². The Balaban J connectivity index is 2.26. The summed E-state index contributed by atoms with van der Waals surface area (Å²) in [5, 5.41) is 1.70. The van der Waals surface area contributed by atoms with Crippen molar-refractivity contribution in [2.45, 2.75) is 24.2 Å². The third kappa shape index (κ3) is 3.19. The lowest BCUT2D eigenvalue weighted by Crippen LogP contribution is -2.38. The minimum absolute atomic E-state index is 0.608. The van der Waals surface area contributed by atoms with Crippen LogP contribution < -0.4 is 4.90 Å². The minimum atomic E-state index is 0.608. The molecule has 1 fully saturated rings. The van der Waals surface area contributed by atoms with Gasteiger partial charge in [0.2, 0.25) is 0 Å². The van der Waals surface area contributed by atoms with E-state index in [9.17, 15) is 0 Å². The number of halogens is 2. The summed E-state index contributed by atoms with van der Waals surface area (Å²) in [7, 11) is 4.28. The van der Waals surface area contributed by atoms with Crippen molar-refractivity contribution in [2.75, 3.05) is 32.1 Å². The van der Waals surface area contributed by atoms with Crippen molar-refractivity contribution in [3.05, 3.63) is 28.8 Å². The molecule has 0 amide bonds. The number of nitrogens with zero attached hydrogens (tertiary/aromatic N) is 2. The van der Waals surface area contributed by atoms with Gasteiger partial charge < -0.3 is 9.80 Å². The molecular formula is C14H20BrClN2. The van der Waals surface area contributed by atoms with Crippen LogP contribution in [0.4, 0.5) is 5.69 Å². The molecule has 2 rings (SSSR count). The van der Waals surface area contributed by atoms with Gasteiger partial charge in [-0.25, -0.2) is 0 Å². The van der Waals surface area contributed by atoms with Crippen LogP contribution in [-0.4, -0.2) is 38.1 Å². The van der Waals surface area contributed by atoms with Gasteiger partial charge >= 0.3 is 0 Å². The zero-order valence-electron chi connectivity index (χ0n) is 11.0. The summed E-state index contributed by atoms with van der Waals surface area (Å²) in [5.74, 6) is 0. The van der Waals surface area contributed by atoms with Crippen LogP contribution in [0.15, 0.2) is 18.2 Å². The molecule has 0 bridgehead atoms. The number of hydrogen-bond acceptors (Lipinski definition) is 2. The van der Waals surface area contributed by atoms with E-state index in [1.807, 2.05) is 6.07 Å². The van der Waals surface area contributed by atoms with Crippen molar-refractivity contribution in [3.63, 3.8) is 0 Å². The molecule has 0 aliphatic carbocycles. The Labute approximate surface area is 123 Å². The summed E-state index contributed by atoms with van der Waals surface area (Å²) in [6.07, 6.45) is 2.54. The van der Waals surface area contributed by atoms with E-state index in [0.29, 0.717) is 6.04 Å². The average molecular weight is 332 g/mol. The quantitative estimate of drug-likeness (QED) is 0.775. The van der Waals surface area contributed by atoms with E-state index >= 15 is 0 Å². The lowest BCUT2D eigenvalue weighted by Gasteiger charge is -2.30. The van der Waals surface area contributed by atoms with E-state index in [4.69, 9.17) is 11.6 Å². The molecule has 0 aromatic heterocycles. The van der Waals surface area contributed by atoms with Crippen LogP contribution in [0.3, 0.4) is 0 Å². The van der Waals surface area contributed by atoms with Crippen LogP contribution in [0.5, 0.6) is 0 Å². The molecule has 1 aliphatic heterocycles. The molecule has 2 nitrogen and oxygen atoms in total. The lowest BCUT2D eigenvalue weighted by atomic mass is 10.1. The highest BCUT2D eigenvalue weighted by molar-refractivity contribution is 9.08. The molecule has 0 radical (unpaired) electrons. The number of anilines is 1. The summed E-state index contributed by atoms with van der Waals surface area (Å²) in [6, 6.07) is 6.80. The Morgan fingerprint density at radius 3 is 2.89 bits per heavy atom. The van der Waals surface area contributed by atoms with Crippen molar-refractivity contribution in [3.8, 4) is 0 Å². The highest BCUT2D eigenvalue weighted by atomic mass is 79.9. The third-order valence-electron chi connectivity index (χ3n) is 3.45. The molecule has 18 heavy (non-hydrogen) atoms. The van der Waals surface area contributed by atoms with Crippen molar-refractivity contribution in [2.24, 2.45) is 0 Å². The second-order valence-corrected chi connectivity index (χ2v) is 6.16. The van der Waals surface area contributed by atoms with Gasteiger partial charge in [0.15, 0.2) is 0 Å². The molecule has 0 saturated carbocycles. The second-order valence-electron chi connectivity index (χ2n) is 5.16. The Bertz CT molecular complexity index is 409. The fourth-order valence-corrected chi connectivity index (χ4v) is 3.32. The average Bonchev–Trinajstić information content (AvgIpc) is 2.76. The third-order valence-corrected chi connectivity index (χ3v) is 4.29. The van der Waals surface area contributed by atoms with Crippen LogP contribution in [0.25, 0.3) is 0 Å². The van der Waals surface area contributed by atoms with E-state index in [0.717, 1.165) is 23.4 Å².